The summed E-state index contributed by atoms with van der Waals surface area (Å²) in [6, 6.07) is 8.56. The Hall–Kier alpha value is -0.870. The van der Waals surface area contributed by atoms with Crippen molar-refractivity contribution < 1.29 is 8.42 Å². The van der Waals surface area contributed by atoms with Crippen molar-refractivity contribution in [2.45, 2.75) is 25.8 Å². The number of likely N-dealkylation sites (N-methyl/N-ethyl adjacent to an activating group) is 1. The molecule has 1 N–H and O–H groups in total. The third kappa shape index (κ3) is 3.12. The molecule has 1 fully saturated rings. The molecule has 1 aliphatic rings. The van der Waals surface area contributed by atoms with E-state index in [1.165, 1.54) is 11.1 Å². The zero-order valence-corrected chi connectivity index (χ0v) is 11.8. The molecule has 0 bridgehead atoms. The Morgan fingerprint density at radius 1 is 1.39 bits per heavy atom. The van der Waals surface area contributed by atoms with Crippen LogP contribution >= 0.6 is 0 Å². The number of rotatable bonds is 4. The Kier molecular flexibility index (Phi) is 4.07. The second kappa shape index (κ2) is 5.41. The monoisotopic (exact) mass is 267 g/mol. The molecule has 2 rings (SSSR count). The molecule has 100 valence electrons. The summed E-state index contributed by atoms with van der Waals surface area (Å²) in [6.45, 7) is 2.10. The van der Waals surface area contributed by atoms with Crippen LogP contribution in [-0.2, 0) is 16.3 Å². The van der Waals surface area contributed by atoms with Crippen molar-refractivity contribution in [3.63, 3.8) is 0 Å². The van der Waals surface area contributed by atoms with Gasteiger partial charge in [-0.3, -0.25) is 0 Å². The quantitative estimate of drug-likeness (QED) is 0.900. The van der Waals surface area contributed by atoms with Crippen LogP contribution < -0.4 is 5.32 Å². The zero-order chi connectivity index (χ0) is 13.2. The van der Waals surface area contributed by atoms with E-state index in [4.69, 9.17) is 0 Å². The molecule has 0 amide bonds. The molecule has 1 saturated heterocycles. The highest BCUT2D eigenvalue weighted by Gasteiger charge is 2.33. The van der Waals surface area contributed by atoms with E-state index in [0.717, 1.165) is 12.8 Å². The van der Waals surface area contributed by atoms with Gasteiger partial charge in [0, 0.05) is 6.04 Å². The van der Waals surface area contributed by atoms with E-state index in [-0.39, 0.29) is 12.0 Å². The predicted molar refractivity (Wildman–Crippen MR) is 74.5 cm³/mol. The van der Waals surface area contributed by atoms with Crippen LogP contribution in [0, 0.1) is 12.8 Å². The number of hydrogen-bond donors (Lipinski definition) is 1. The maximum Gasteiger partial charge on any atom is 0.150 e. The topological polar surface area (TPSA) is 46.2 Å². The third-order valence-electron chi connectivity index (χ3n) is 3.91. The summed E-state index contributed by atoms with van der Waals surface area (Å²) in [5, 5.41) is 3.29. The third-order valence-corrected chi connectivity index (χ3v) is 5.70. The predicted octanol–water partition coefficient (Wildman–Crippen LogP) is 1.56. The molecule has 1 aromatic rings. The first-order valence-corrected chi connectivity index (χ1v) is 8.26. The van der Waals surface area contributed by atoms with Gasteiger partial charge in [-0.05, 0) is 43.9 Å². The SMILES string of the molecule is CNC(Cc1ccccc1C)C1CCS(=O)(=O)C1. The zero-order valence-electron chi connectivity index (χ0n) is 11.0. The van der Waals surface area contributed by atoms with Crippen LogP contribution in [0.2, 0.25) is 0 Å². The first-order chi connectivity index (χ1) is 8.52. The van der Waals surface area contributed by atoms with Gasteiger partial charge in [0.05, 0.1) is 11.5 Å². The fourth-order valence-corrected chi connectivity index (χ4v) is 4.60. The van der Waals surface area contributed by atoms with Crippen LogP contribution in [0.4, 0.5) is 0 Å². The lowest BCUT2D eigenvalue weighted by Crippen LogP contribution is -2.36. The fraction of sp³-hybridized carbons (Fsp3) is 0.571. The van der Waals surface area contributed by atoms with Crippen molar-refractivity contribution in [2.24, 2.45) is 5.92 Å². The Labute approximate surface area is 110 Å². The fourth-order valence-electron chi connectivity index (χ4n) is 2.72. The highest BCUT2D eigenvalue weighted by Crippen LogP contribution is 2.24. The Bertz CT molecular complexity index is 510. The molecule has 2 atom stereocenters. The lowest BCUT2D eigenvalue weighted by molar-refractivity contribution is 0.402. The van der Waals surface area contributed by atoms with E-state index in [0.29, 0.717) is 11.5 Å². The highest BCUT2D eigenvalue weighted by molar-refractivity contribution is 7.91. The lowest BCUT2D eigenvalue weighted by atomic mass is 9.91. The number of hydrogen-bond acceptors (Lipinski definition) is 3. The minimum Gasteiger partial charge on any atom is -0.316 e. The van der Waals surface area contributed by atoms with Gasteiger partial charge in [-0.25, -0.2) is 8.42 Å². The molecule has 0 saturated carbocycles. The minimum atomic E-state index is -2.79. The van der Waals surface area contributed by atoms with Crippen molar-refractivity contribution in [1.29, 1.82) is 0 Å². The van der Waals surface area contributed by atoms with Crippen molar-refractivity contribution in [1.82, 2.24) is 5.32 Å². The van der Waals surface area contributed by atoms with Crippen molar-refractivity contribution >= 4 is 9.84 Å². The first-order valence-electron chi connectivity index (χ1n) is 6.44. The molecule has 1 aliphatic heterocycles. The molecule has 18 heavy (non-hydrogen) atoms. The number of sulfone groups is 1. The van der Waals surface area contributed by atoms with E-state index in [9.17, 15) is 8.42 Å². The van der Waals surface area contributed by atoms with Gasteiger partial charge in [-0.2, -0.15) is 0 Å². The molecule has 0 radical (unpaired) electrons. The van der Waals surface area contributed by atoms with Crippen LogP contribution in [0.3, 0.4) is 0 Å². The van der Waals surface area contributed by atoms with Gasteiger partial charge in [0.2, 0.25) is 0 Å². The molecule has 2 unspecified atom stereocenters. The Morgan fingerprint density at radius 2 is 2.11 bits per heavy atom. The van der Waals surface area contributed by atoms with Gasteiger partial charge in [0.25, 0.3) is 0 Å². The summed E-state index contributed by atoms with van der Waals surface area (Å²) in [7, 11) is -0.868. The average molecular weight is 267 g/mol. The van der Waals surface area contributed by atoms with Crippen LogP contribution in [0.5, 0.6) is 0 Å². The maximum absolute atomic E-state index is 11.6. The maximum atomic E-state index is 11.6. The summed E-state index contributed by atoms with van der Waals surface area (Å²) >= 11 is 0. The highest BCUT2D eigenvalue weighted by atomic mass is 32.2. The molecule has 0 spiro atoms. The molecule has 1 heterocycles. The van der Waals surface area contributed by atoms with Gasteiger partial charge < -0.3 is 5.32 Å². The van der Waals surface area contributed by atoms with Crippen LogP contribution in [0.1, 0.15) is 17.5 Å². The Morgan fingerprint density at radius 3 is 2.67 bits per heavy atom. The van der Waals surface area contributed by atoms with E-state index in [1.807, 2.05) is 19.2 Å². The summed E-state index contributed by atoms with van der Waals surface area (Å²) in [5.74, 6) is 0.938. The molecule has 3 nitrogen and oxygen atoms in total. The van der Waals surface area contributed by atoms with Gasteiger partial charge in [0.1, 0.15) is 0 Å². The van der Waals surface area contributed by atoms with E-state index < -0.39 is 9.84 Å². The van der Waals surface area contributed by atoms with Gasteiger partial charge in [-0.15, -0.1) is 0 Å². The summed E-state index contributed by atoms with van der Waals surface area (Å²) in [5.41, 5.74) is 2.58. The van der Waals surface area contributed by atoms with Gasteiger partial charge >= 0.3 is 0 Å². The average Bonchev–Trinajstić information content (AvgIpc) is 2.68. The summed E-state index contributed by atoms with van der Waals surface area (Å²) < 4.78 is 23.1. The number of aryl methyl sites for hydroxylation is 1. The van der Waals surface area contributed by atoms with Crippen molar-refractivity contribution in [2.75, 3.05) is 18.6 Å². The van der Waals surface area contributed by atoms with E-state index in [2.05, 4.69) is 24.4 Å². The molecule has 1 aromatic carbocycles. The lowest BCUT2D eigenvalue weighted by Gasteiger charge is -2.22. The van der Waals surface area contributed by atoms with Crippen molar-refractivity contribution in [3.05, 3.63) is 35.4 Å². The van der Waals surface area contributed by atoms with Gasteiger partial charge in [0.15, 0.2) is 9.84 Å². The molecular formula is C14H21NO2S. The van der Waals surface area contributed by atoms with Crippen molar-refractivity contribution in [3.8, 4) is 0 Å². The molecule has 0 aliphatic carbocycles. The number of nitrogens with one attached hydrogen (secondary N) is 1. The smallest absolute Gasteiger partial charge is 0.150 e. The van der Waals surface area contributed by atoms with Crippen LogP contribution in [-0.4, -0.2) is 33.0 Å². The summed E-state index contributed by atoms with van der Waals surface area (Å²) in [6.07, 6.45) is 1.70. The van der Waals surface area contributed by atoms with Gasteiger partial charge in [-0.1, -0.05) is 24.3 Å². The van der Waals surface area contributed by atoms with Crippen LogP contribution in [0.15, 0.2) is 24.3 Å². The Balaban J connectivity index is 2.09. The second-order valence-corrected chi connectivity index (χ2v) is 7.42. The minimum absolute atomic E-state index is 0.250. The first kappa shape index (κ1) is 13.6. The second-order valence-electron chi connectivity index (χ2n) is 5.19. The van der Waals surface area contributed by atoms with E-state index in [1.54, 1.807) is 0 Å². The molecular weight excluding hydrogens is 246 g/mol. The van der Waals surface area contributed by atoms with E-state index >= 15 is 0 Å². The standard InChI is InChI=1S/C14H21NO2S/c1-11-5-3-4-6-12(11)9-14(15-2)13-7-8-18(16,17)10-13/h3-6,13-15H,7-10H2,1-2H3. The normalized spacial score (nSPS) is 24.0. The molecule has 4 heteroatoms. The molecule has 0 aromatic heterocycles. The largest absolute Gasteiger partial charge is 0.316 e. The number of benzene rings is 1. The van der Waals surface area contributed by atoms with Crippen LogP contribution in [0.25, 0.3) is 0 Å². The summed E-state index contributed by atoms with van der Waals surface area (Å²) in [4.78, 5) is 0.